The number of hydrogen-bond donors (Lipinski definition) is 1. The van der Waals surface area contributed by atoms with Crippen molar-refractivity contribution in [2.75, 3.05) is 0 Å². The van der Waals surface area contributed by atoms with Crippen LogP contribution in [0.2, 0.25) is 0 Å². The van der Waals surface area contributed by atoms with Gasteiger partial charge in [-0.3, -0.25) is 4.79 Å². The number of rotatable bonds is 14. The van der Waals surface area contributed by atoms with Crippen molar-refractivity contribution >= 4 is 17.7 Å². The highest BCUT2D eigenvalue weighted by atomic mass is 32.2. The van der Waals surface area contributed by atoms with Crippen LogP contribution in [0.1, 0.15) is 64.7 Å². The van der Waals surface area contributed by atoms with Crippen molar-refractivity contribution in [1.82, 2.24) is 0 Å². The second-order valence-electron chi connectivity index (χ2n) is 5.08. The third kappa shape index (κ3) is 18.8. The molecule has 0 aliphatic heterocycles. The lowest BCUT2D eigenvalue weighted by atomic mass is 10.2. The van der Waals surface area contributed by atoms with E-state index in [2.05, 4.69) is 42.7 Å². The molecule has 0 aromatic heterocycles. The molecule has 0 fully saturated rings. The zero-order valence-electron chi connectivity index (χ0n) is 13.7. The number of thioether (sulfide) groups is 1. The minimum atomic E-state index is -0.719. The van der Waals surface area contributed by atoms with Crippen LogP contribution in [0.25, 0.3) is 0 Å². The molecule has 0 atom stereocenters. The van der Waals surface area contributed by atoms with E-state index in [1.807, 2.05) is 11.5 Å². The SMILES string of the molecule is CCCCCC=CCC=CCC=CSC=CCCCC(=O)O. The summed E-state index contributed by atoms with van der Waals surface area (Å²) in [6, 6.07) is 0. The van der Waals surface area contributed by atoms with Crippen LogP contribution in [0.5, 0.6) is 0 Å². The number of allylic oxidation sites excluding steroid dienone is 6. The Balaban J connectivity index is 3.40. The second kappa shape index (κ2) is 17.8. The molecular formula is C19H30O2S. The van der Waals surface area contributed by atoms with E-state index in [9.17, 15) is 4.79 Å². The third-order valence-corrected chi connectivity index (χ3v) is 3.66. The summed E-state index contributed by atoms with van der Waals surface area (Å²) in [4.78, 5) is 10.3. The molecule has 0 saturated carbocycles. The Morgan fingerprint density at radius 3 is 2.23 bits per heavy atom. The Hall–Kier alpha value is -1.22. The van der Waals surface area contributed by atoms with Gasteiger partial charge >= 0.3 is 5.97 Å². The number of aliphatic carboxylic acids is 1. The maximum atomic E-state index is 10.3. The third-order valence-electron chi connectivity index (χ3n) is 2.96. The van der Waals surface area contributed by atoms with Crippen molar-refractivity contribution in [2.45, 2.75) is 64.7 Å². The summed E-state index contributed by atoms with van der Waals surface area (Å²) < 4.78 is 0. The predicted molar refractivity (Wildman–Crippen MR) is 99.0 cm³/mol. The zero-order valence-corrected chi connectivity index (χ0v) is 14.6. The lowest BCUT2D eigenvalue weighted by Crippen LogP contribution is -1.92. The standard InChI is InChI=1S/C19H30O2S/c1-2-3-4-5-6-7-8-9-10-11-14-17-22-18-15-12-13-16-19(20)21/h6-7,9-10,14-15,17-18H,2-5,8,11-13,16H2,1H3,(H,20,21). The van der Waals surface area contributed by atoms with Gasteiger partial charge < -0.3 is 5.11 Å². The number of carbonyl (C=O) groups is 1. The maximum Gasteiger partial charge on any atom is 0.303 e. The molecule has 22 heavy (non-hydrogen) atoms. The fraction of sp³-hybridized carbons (Fsp3) is 0.526. The molecule has 2 nitrogen and oxygen atoms in total. The molecule has 0 aliphatic carbocycles. The molecular weight excluding hydrogens is 292 g/mol. The van der Waals surface area contributed by atoms with Gasteiger partial charge in [0.05, 0.1) is 0 Å². The molecule has 0 heterocycles. The van der Waals surface area contributed by atoms with Crippen molar-refractivity contribution in [2.24, 2.45) is 0 Å². The Bertz CT molecular complexity index is 368. The monoisotopic (exact) mass is 322 g/mol. The number of unbranched alkanes of at least 4 members (excludes halogenated alkanes) is 4. The first-order valence-corrected chi connectivity index (χ1v) is 9.19. The summed E-state index contributed by atoms with van der Waals surface area (Å²) in [7, 11) is 0. The first kappa shape index (κ1) is 20.8. The second-order valence-corrected chi connectivity index (χ2v) is 5.89. The van der Waals surface area contributed by atoms with Gasteiger partial charge in [-0.25, -0.2) is 0 Å². The predicted octanol–water partition coefficient (Wildman–Crippen LogP) is 6.47. The van der Waals surface area contributed by atoms with E-state index in [4.69, 9.17) is 5.11 Å². The van der Waals surface area contributed by atoms with Gasteiger partial charge in [0.2, 0.25) is 0 Å². The Morgan fingerprint density at radius 2 is 1.50 bits per heavy atom. The summed E-state index contributed by atoms with van der Waals surface area (Å²) in [5.74, 6) is -0.719. The summed E-state index contributed by atoms with van der Waals surface area (Å²) in [6.45, 7) is 2.23. The number of carboxylic acid groups (broad SMARTS) is 1. The highest BCUT2D eigenvalue weighted by molar-refractivity contribution is 8.04. The van der Waals surface area contributed by atoms with Gasteiger partial charge in [-0.2, -0.15) is 0 Å². The van der Waals surface area contributed by atoms with Crippen molar-refractivity contribution in [3.8, 4) is 0 Å². The van der Waals surface area contributed by atoms with Crippen LogP contribution >= 0.6 is 11.8 Å². The van der Waals surface area contributed by atoms with E-state index >= 15 is 0 Å². The average molecular weight is 323 g/mol. The topological polar surface area (TPSA) is 37.3 Å². The van der Waals surface area contributed by atoms with Crippen LogP contribution in [0.4, 0.5) is 0 Å². The summed E-state index contributed by atoms with van der Waals surface area (Å²) in [5.41, 5.74) is 0. The largest absolute Gasteiger partial charge is 0.481 e. The molecule has 0 aliphatic rings. The first-order valence-electron chi connectivity index (χ1n) is 8.24. The molecule has 0 saturated heterocycles. The molecule has 124 valence electrons. The quantitative estimate of drug-likeness (QED) is 0.294. The fourth-order valence-electron chi connectivity index (χ4n) is 1.73. The lowest BCUT2D eigenvalue weighted by molar-refractivity contribution is -0.137. The minimum Gasteiger partial charge on any atom is -0.481 e. The van der Waals surface area contributed by atoms with Crippen molar-refractivity contribution < 1.29 is 9.90 Å². The summed E-state index contributed by atoms with van der Waals surface area (Å²) >= 11 is 1.64. The molecule has 0 aromatic rings. The Labute approximate surface area is 140 Å². The van der Waals surface area contributed by atoms with Crippen molar-refractivity contribution in [1.29, 1.82) is 0 Å². The van der Waals surface area contributed by atoms with Crippen LogP contribution < -0.4 is 0 Å². The van der Waals surface area contributed by atoms with Gasteiger partial charge in [-0.15, -0.1) is 11.8 Å². The average Bonchev–Trinajstić information content (AvgIpc) is 2.50. The molecule has 0 aromatic carbocycles. The molecule has 0 bridgehead atoms. The van der Waals surface area contributed by atoms with Gasteiger partial charge in [-0.1, -0.05) is 56.2 Å². The Morgan fingerprint density at radius 1 is 0.864 bits per heavy atom. The molecule has 3 heteroatoms. The van der Waals surface area contributed by atoms with Gasteiger partial charge in [0.1, 0.15) is 0 Å². The molecule has 0 radical (unpaired) electrons. The van der Waals surface area contributed by atoms with E-state index in [-0.39, 0.29) is 6.42 Å². The first-order chi connectivity index (χ1) is 10.8. The van der Waals surface area contributed by atoms with Crippen molar-refractivity contribution in [3.63, 3.8) is 0 Å². The minimum absolute atomic E-state index is 0.253. The van der Waals surface area contributed by atoms with Crippen LogP contribution in [-0.4, -0.2) is 11.1 Å². The highest BCUT2D eigenvalue weighted by Gasteiger charge is 1.92. The smallest absolute Gasteiger partial charge is 0.303 e. The van der Waals surface area contributed by atoms with E-state index in [0.29, 0.717) is 6.42 Å². The van der Waals surface area contributed by atoms with E-state index < -0.39 is 5.97 Å². The van der Waals surface area contributed by atoms with Crippen LogP contribution in [-0.2, 0) is 4.79 Å². The van der Waals surface area contributed by atoms with Crippen molar-refractivity contribution in [3.05, 3.63) is 47.3 Å². The van der Waals surface area contributed by atoms with E-state index in [1.54, 1.807) is 11.8 Å². The Kier molecular flexibility index (Phi) is 16.8. The molecule has 0 amide bonds. The number of carboxylic acids is 1. The van der Waals surface area contributed by atoms with E-state index in [1.165, 1.54) is 25.7 Å². The van der Waals surface area contributed by atoms with Crippen LogP contribution in [0.15, 0.2) is 47.3 Å². The highest BCUT2D eigenvalue weighted by Crippen LogP contribution is 2.07. The lowest BCUT2D eigenvalue weighted by Gasteiger charge is -1.90. The van der Waals surface area contributed by atoms with Crippen LogP contribution in [0, 0.1) is 0 Å². The maximum absolute atomic E-state index is 10.3. The molecule has 0 spiro atoms. The molecule has 0 rings (SSSR count). The van der Waals surface area contributed by atoms with Gasteiger partial charge in [0, 0.05) is 6.42 Å². The van der Waals surface area contributed by atoms with Gasteiger partial charge in [0.15, 0.2) is 0 Å². The fourth-order valence-corrected chi connectivity index (χ4v) is 2.29. The zero-order chi connectivity index (χ0) is 16.3. The van der Waals surface area contributed by atoms with Crippen LogP contribution in [0.3, 0.4) is 0 Å². The normalized spacial score (nSPS) is 12.4. The number of hydrogen-bond acceptors (Lipinski definition) is 2. The van der Waals surface area contributed by atoms with E-state index in [0.717, 1.165) is 19.3 Å². The molecule has 0 unspecified atom stereocenters. The summed E-state index contributed by atoms with van der Waals surface area (Å²) in [6.07, 6.45) is 22.0. The van der Waals surface area contributed by atoms with Gasteiger partial charge in [-0.05, 0) is 49.3 Å². The van der Waals surface area contributed by atoms with Gasteiger partial charge in [0.25, 0.3) is 0 Å². The molecule has 1 N–H and O–H groups in total. The summed E-state index contributed by atoms with van der Waals surface area (Å²) in [5, 5.41) is 12.6.